The van der Waals surface area contributed by atoms with E-state index in [1.807, 2.05) is 12.1 Å². The third-order valence-corrected chi connectivity index (χ3v) is 2.98. The number of amides is 1. The van der Waals surface area contributed by atoms with Crippen LogP contribution >= 0.6 is 12.4 Å². The zero-order chi connectivity index (χ0) is 13.9. The first-order valence-corrected chi connectivity index (χ1v) is 6.11. The Balaban J connectivity index is 0.00000161. The number of benzene rings is 1. The Labute approximate surface area is 126 Å². The van der Waals surface area contributed by atoms with Crippen molar-refractivity contribution in [2.75, 3.05) is 0 Å². The van der Waals surface area contributed by atoms with Crippen LogP contribution < -0.4 is 11.0 Å². The number of pyridine rings is 1. The number of fused-ring (bicyclic) bond motifs is 1. The highest BCUT2D eigenvalue weighted by Gasteiger charge is 2.05. The molecule has 3 N–H and O–H groups in total. The predicted octanol–water partition coefficient (Wildman–Crippen LogP) is 1.60. The SMILES string of the molecule is Cl.O=C(NCc1ccc2[nH]c(=O)[nH]c2c1)c1ccncc1. The highest BCUT2D eigenvalue weighted by atomic mass is 35.5. The molecular formula is C14H13ClN4O2. The third-order valence-electron chi connectivity index (χ3n) is 2.98. The van der Waals surface area contributed by atoms with Gasteiger partial charge in [-0.25, -0.2) is 4.79 Å². The summed E-state index contributed by atoms with van der Waals surface area (Å²) in [5, 5.41) is 2.82. The molecule has 3 aromatic rings. The van der Waals surface area contributed by atoms with Crippen LogP contribution in [0.3, 0.4) is 0 Å². The van der Waals surface area contributed by atoms with Gasteiger partial charge in [-0.1, -0.05) is 6.07 Å². The van der Waals surface area contributed by atoms with E-state index < -0.39 is 0 Å². The topological polar surface area (TPSA) is 90.6 Å². The summed E-state index contributed by atoms with van der Waals surface area (Å²) in [7, 11) is 0. The number of hydrogen-bond acceptors (Lipinski definition) is 3. The van der Waals surface area contributed by atoms with Crippen molar-refractivity contribution in [2.45, 2.75) is 6.54 Å². The Hall–Kier alpha value is -2.60. The molecule has 21 heavy (non-hydrogen) atoms. The molecule has 108 valence electrons. The number of aromatic nitrogens is 3. The number of rotatable bonds is 3. The van der Waals surface area contributed by atoms with E-state index in [0.29, 0.717) is 12.1 Å². The normalized spacial score (nSPS) is 10.1. The predicted molar refractivity (Wildman–Crippen MR) is 81.6 cm³/mol. The second-order valence-electron chi connectivity index (χ2n) is 4.38. The standard InChI is InChI=1S/C14H12N4O2.ClH/c19-13(10-3-5-15-6-4-10)16-8-9-1-2-11-12(7-9)18-14(20)17-11;/h1-7H,8H2,(H,16,19)(H2,17,18,20);1H. The largest absolute Gasteiger partial charge is 0.348 e. The average molecular weight is 305 g/mol. The molecule has 0 radical (unpaired) electrons. The van der Waals surface area contributed by atoms with Gasteiger partial charge in [0, 0.05) is 24.5 Å². The molecule has 1 aromatic carbocycles. The maximum atomic E-state index is 11.9. The summed E-state index contributed by atoms with van der Waals surface area (Å²) in [5.41, 5.74) is 2.72. The average Bonchev–Trinajstić information content (AvgIpc) is 2.85. The molecule has 0 saturated carbocycles. The Bertz CT molecular complexity index is 810. The minimum Gasteiger partial charge on any atom is -0.348 e. The van der Waals surface area contributed by atoms with Crippen molar-refractivity contribution in [3.8, 4) is 0 Å². The first-order chi connectivity index (χ1) is 9.72. The minimum absolute atomic E-state index is 0. The summed E-state index contributed by atoms with van der Waals surface area (Å²) < 4.78 is 0. The molecular weight excluding hydrogens is 292 g/mol. The van der Waals surface area contributed by atoms with E-state index >= 15 is 0 Å². The van der Waals surface area contributed by atoms with Gasteiger partial charge in [0.15, 0.2) is 0 Å². The van der Waals surface area contributed by atoms with Gasteiger partial charge < -0.3 is 15.3 Å². The zero-order valence-electron chi connectivity index (χ0n) is 10.9. The van der Waals surface area contributed by atoms with Gasteiger partial charge >= 0.3 is 5.69 Å². The van der Waals surface area contributed by atoms with Gasteiger partial charge in [-0.15, -0.1) is 12.4 Å². The van der Waals surface area contributed by atoms with Gasteiger partial charge in [0.25, 0.3) is 5.91 Å². The second-order valence-corrected chi connectivity index (χ2v) is 4.38. The number of H-pyrrole nitrogens is 2. The number of imidazole rings is 1. The van der Waals surface area contributed by atoms with Gasteiger partial charge in [0.05, 0.1) is 11.0 Å². The maximum Gasteiger partial charge on any atom is 0.323 e. The Kier molecular flexibility index (Phi) is 4.39. The number of carbonyl (C=O) groups excluding carboxylic acids is 1. The van der Waals surface area contributed by atoms with E-state index in [4.69, 9.17) is 0 Å². The lowest BCUT2D eigenvalue weighted by molar-refractivity contribution is 0.0951. The molecule has 2 heterocycles. The molecule has 3 rings (SSSR count). The monoisotopic (exact) mass is 304 g/mol. The van der Waals surface area contributed by atoms with Crippen molar-refractivity contribution < 1.29 is 4.79 Å². The van der Waals surface area contributed by atoms with Crippen LogP contribution in [0.25, 0.3) is 11.0 Å². The zero-order valence-corrected chi connectivity index (χ0v) is 11.7. The lowest BCUT2D eigenvalue weighted by Gasteiger charge is -2.05. The van der Waals surface area contributed by atoms with E-state index in [1.165, 1.54) is 0 Å². The van der Waals surface area contributed by atoms with Crippen molar-refractivity contribution in [2.24, 2.45) is 0 Å². The van der Waals surface area contributed by atoms with Gasteiger partial charge in [-0.3, -0.25) is 9.78 Å². The van der Waals surface area contributed by atoms with Crippen LogP contribution in [0.15, 0.2) is 47.5 Å². The minimum atomic E-state index is -0.238. The first kappa shape index (κ1) is 14.8. The molecule has 0 spiro atoms. The summed E-state index contributed by atoms with van der Waals surface area (Å²) in [6, 6.07) is 8.81. The summed E-state index contributed by atoms with van der Waals surface area (Å²) in [5.74, 6) is -0.157. The quantitative estimate of drug-likeness (QED) is 0.686. The van der Waals surface area contributed by atoms with Gasteiger partial charge in [0.1, 0.15) is 0 Å². The van der Waals surface area contributed by atoms with Gasteiger partial charge in [0.2, 0.25) is 0 Å². The number of nitrogens with one attached hydrogen (secondary N) is 3. The maximum absolute atomic E-state index is 11.9. The summed E-state index contributed by atoms with van der Waals surface area (Å²) in [6.07, 6.45) is 3.15. The lowest BCUT2D eigenvalue weighted by atomic mass is 10.2. The Morgan fingerprint density at radius 3 is 2.57 bits per heavy atom. The highest BCUT2D eigenvalue weighted by Crippen LogP contribution is 2.10. The van der Waals surface area contributed by atoms with Crippen molar-refractivity contribution in [3.63, 3.8) is 0 Å². The first-order valence-electron chi connectivity index (χ1n) is 6.11. The van der Waals surface area contributed by atoms with Crippen LogP contribution in [0.5, 0.6) is 0 Å². The molecule has 6 nitrogen and oxygen atoms in total. The molecule has 0 bridgehead atoms. The number of nitrogens with zero attached hydrogens (tertiary/aromatic N) is 1. The van der Waals surface area contributed by atoms with Gasteiger partial charge in [-0.05, 0) is 29.8 Å². The highest BCUT2D eigenvalue weighted by molar-refractivity contribution is 5.93. The summed E-state index contributed by atoms with van der Waals surface area (Å²) in [4.78, 5) is 32.3. The Morgan fingerprint density at radius 1 is 1.10 bits per heavy atom. The number of aromatic amines is 2. The fourth-order valence-electron chi connectivity index (χ4n) is 1.98. The van der Waals surface area contributed by atoms with Crippen LogP contribution in [-0.4, -0.2) is 20.9 Å². The molecule has 2 aromatic heterocycles. The molecule has 0 fully saturated rings. The van der Waals surface area contributed by atoms with Crippen LogP contribution in [0.2, 0.25) is 0 Å². The van der Waals surface area contributed by atoms with Crippen LogP contribution in [0, 0.1) is 0 Å². The molecule has 1 amide bonds. The third kappa shape index (κ3) is 3.29. The fourth-order valence-corrected chi connectivity index (χ4v) is 1.98. The molecule has 7 heteroatoms. The van der Waals surface area contributed by atoms with E-state index in [9.17, 15) is 9.59 Å². The van der Waals surface area contributed by atoms with E-state index in [2.05, 4.69) is 20.3 Å². The Morgan fingerprint density at radius 2 is 1.81 bits per heavy atom. The van der Waals surface area contributed by atoms with Crippen molar-refractivity contribution in [3.05, 3.63) is 64.3 Å². The van der Waals surface area contributed by atoms with Crippen molar-refractivity contribution in [1.29, 1.82) is 0 Å². The van der Waals surface area contributed by atoms with E-state index in [-0.39, 0.29) is 24.0 Å². The molecule has 0 aliphatic carbocycles. The molecule has 0 unspecified atom stereocenters. The number of halogens is 1. The molecule has 0 atom stereocenters. The smallest absolute Gasteiger partial charge is 0.323 e. The van der Waals surface area contributed by atoms with Crippen molar-refractivity contribution in [1.82, 2.24) is 20.3 Å². The fraction of sp³-hybridized carbons (Fsp3) is 0.0714. The summed E-state index contributed by atoms with van der Waals surface area (Å²) >= 11 is 0. The van der Waals surface area contributed by atoms with Gasteiger partial charge in [-0.2, -0.15) is 0 Å². The summed E-state index contributed by atoms with van der Waals surface area (Å²) in [6.45, 7) is 0.393. The second kappa shape index (κ2) is 6.23. The van der Waals surface area contributed by atoms with Crippen LogP contribution in [0.4, 0.5) is 0 Å². The molecule has 0 aliphatic rings. The lowest BCUT2D eigenvalue weighted by Crippen LogP contribution is -2.22. The van der Waals surface area contributed by atoms with E-state index in [0.717, 1.165) is 16.6 Å². The van der Waals surface area contributed by atoms with Crippen LogP contribution in [-0.2, 0) is 6.54 Å². The molecule has 0 saturated heterocycles. The van der Waals surface area contributed by atoms with Crippen LogP contribution in [0.1, 0.15) is 15.9 Å². The van der Waals surface area contributed by atoms with E-state index in [1.54, 1.807) is 30.6 Å². The van der Waals surface area contributed by atoms with Crippen molar-refractivity contribution >= 4 is 29.3 Å². The number of hydrogen-bond donors (Lipinski definition) is 3. The number of carbonyl (C=O) groups is 1. The molecule has 0 aliphatic heterocycles.